The Balaban J connectivity index is 2.25. The van der Waals surface area contributed by atoms with Gasteiger partial charge in [-0.3, -0.25) is 4.90 Å². The second-order valence-corrected chi connectivity index (χ2v) is 4.23. The molecule has 0 aliphatic carbocycles. The third kappa shape index (κ3) is 1.97. The van der Waals surface area contributed by atoms with E-state index < -0.39 is 0 Å². The Morgan fingerprint density at radius 3 is 2.87 bits per heavy atom. The Morgan fingerprint density at radius 1 is 1.53 bits per heavy atom. The molecule has 0 N–H and O–H groups in total. The number of aryl methyl sites for hydroxylation is 1. The highest BCUT2D eigenvalue weighted by Gasteiger charge is 2.23. The molecule has 1 aliphatic heterocycles. The van der Waals surface area contributed by atoms with Gasteiger partial charge >= 0.3 is 0 Å². The van der Waals surface area contributed by atoms with E-state index in [9.17, 15) is 0 Å². The second kappa shape index (κ2) is 4.19. The first-order valence-electron chi connectivity index (χ1n) is 5.43. The fourth-order valence-corrected chi connectivity index (χ4v) is 2.31. The third-order valence-corrected chi connectivity index (χ3v) is 3.15. The van der Waals surface area contributed by atoms with Gasteiger partial charge in [0.25, 0.3) is 0 Å². The molecule has 1 aromatic rings. The van der Waals surface area contributed by atoms with E-state index in [4.69, 9.17) is 4.74 Å². The van der Waals surface area contributed by atoms with Gasteiger partial charge in [-0.1, -0.05) is 0 Å². The highest BCUT2D eigenvalue weighted by Crippen LogP contribution is 2.31. The molecule has 15 heavy (non-hydrogen) atoms. The van der Waals surface area contributed by atoms with Gasteiger partial charge in [0.2, 0.25) is 5.88 Å². The molecule has 0 spiro atoms. The lowest BCUT2D eigenvalue weighted by Gasteiger charge is -2.20. The van der Waals surface area contributed by atoms with E-state index in [0.29, 0.717) is 6.04 Å². The summed E-state index contributed by atoms with van der Waals surface area (Å²) in [5, 5.41) is 0. The lowest BCUT2D eigenvalue weighted by Crippen LogP contribution is -2.17. The summed E-state index contributed by atoms with van der Waals surface area (Å²) < 4.78 is 5.16. The number of methoxy groups -OCH3 is 1. The minimum atomic E-state index is 0.544. The van der Waals surface area contributed by atoms with Crippen LogP contribution in [0.15, 0.2) is 12.3 Å². The number of ether oxygens (including phenoxy) is 1. The van der Waals surface area contributed by atoms with Gasteiger partial charge in [-0.2, -0.15) is 0 Å². The van der Waals surface area contributed by atoms with Gasteiger partial charge in [0.15, 0.2) is 0 Å². The lowest BCUT2D eigenvalue weighted by atomic mass is 10.1. The van der Waals surface area contributed by atoms with Crippen molar-refractivity contribution in [2.45, 2.75) is 25.8 Å². The van der Waals surface area contributed by atoms with Crippen LogP contribution in [0.25, 0.3) is 0 Å². The highest BCUT2D eigenvalue weighted by atomic mass is 16.5. The molecule has 0 radical (unpaired) electrons. The first kappa shape index (κ1) is 10.4. The van der Waals surface area contributed by atoms with Crippen LogP contribution in [0.5, 0.6) is 5.88 Å². The van der Waals surface area contributed by atoms with Crippen molar-refractivity contribution in [3.63, 3.8) is 0 Å². The molecule has 1 aliphatic rings. The van der Waals surface area contributed by atoms with Crippen LogP contribution >= 0.6 is 0 Å². The first-order chi connectivity index (χ1) is 7.22. The van der Waals surface area contributed by atoms with Gasteiger partial charge in [-0.15, -0.1) is 0 Å². The van der Waals surface area contributed by atoms with Crippen molar-refractivity contribution in [3.8, 4) is 5.88 Å². The summed E-state index contributed by atoms with van der Waals surface area (Å²) in [5.41, 5.74) is 2.43. The third-order valence-electron chi connectivity index (χ3n) is 3.15. The Bertz CT molecular complexity index is 351. The monoisotopic (exact) mass is 206 g/mol. The zero-order valence-corrected chi connectivity index (χ0v) is 9.66. The number of rotatable bonds is 2. The summed E-state index contributed by atoms with van der Waals surface area (Å²) in [6.07, 6.45) is 4.47. The molecular weight excluding hydrogens is 188 g/mol. The molecule has 0 saturated carbocycles. The Hall–Kier alpha value is -1.09. The van der Waals surface area contributed by atoms with E-state index in [1.165, 1.54) is 24.9 Å². The predicted molar refractivity (Wildman–Crippen MR) is 60.1 cm³/mol. The van der Waals surface area contributed by atoms with E-state index in [1.807, 2.05) is 13.1 Å². The van der Waals surface area contributed by atoms with Gasteiger partial charge in [0.1, 0.15) is 0 Å². The quantitative estimate of drug-likeness (QED) is 0.741. The van der Waals surface area contributed by atoms with Crippen molar-refractivity contribution in [2.75, 3.05) is 20.7 Å². The normalized spacial score (nSPS) is 21.9. The zero-order valence-electron chi connectivity index (χ0n) is 9.66. The number of pyridine rings is 1. The van der Waals surface area contributed by atoms with Gasteiger partial charge in [-0.25, -0.2) is 4.98 Å². The summed E-state index contributed by atoms with van der Waals surface area (Å²) in [6.45, 7) is 3.24. The van der Waals surface area contributed by atoms with Crippen molar-refractivity contribution in [1.29, 1.82) is 0 Å². The number of likely N-dealkylation sites (tertiary alicyclic amines) is 1. The van der Waals surface area contributed by atoms with Gasteiger partial charge < -0.3 is 4.74 Å². The molecule has 3 nitrogen and oxygen atoms in total. The van der Waals surface area contributed by atoms with Crippen molar-refractivity contribution in [3.05, 3.63) is 23.4 Å². The maximum Gasteiger partial charge on any atom is 0.215 e. The summed E-state index contributed by atoms with van der Waals surface area (Å²) in [7, 11) is 3.84. The summed E-state index contributed by atoms with van der Waals surface area (Å²) in [4.78, 5) is 6.72. The van der Waals surface area contributed by atoms with Crippen LogP contribution in [0.1, 0.15) is 30.0 Å². The number of aromatic nitrogens is 1. The zero-order chi connectivity index (χ0) is 10.8. The van der Waals surface area contributed by atoms with Crippen LogP contribution in [0.2, 0.25) is 0 Å². The van der Waals surface area contributed by atoms with Gasteiger partial charge in [0.05, 0.1) is 7.11 Å². The molecule has 1 atom stereocenters. The lowest BCUT2D eigenvalue weighted by molar-refractivity contribution is 0.316. The van der Waals surface area contributed by atoms with Gasteiger partial charge in [0, 0.05) is 17.8 Å². The molecule has 2 rings (SSSR count). The van der Waals surface area contributed by atoms with E-state index in [1.54, 1.807) is 7.11 Å². The summed E-state index contributed by atoms with van der Waals surface area (Å²) in [6, 6.07) is 2.74. The minimum absolute atomic E-state index is 0.544. The predicted octanol–water partition coefficient (Wildman–Crippen LogP) is 2.17. The standard InChI is InChI=1S/C12H18N2O/c1-9-7-10(8-13-12(9)15-3)11-5-4-6-14(11)2/h7-8,11H,4-6H2,1-3H3. The van der Waals surface area contributed by atoms with E-state index in [-0.39, 0.29) is 0 Å². The maximum atomic E-state index is 5.16. The molecule has 1 unspecified atom stereocenters. The van der Waals surface area contributed by atoms with E-state index >= 15 is 0 Å². The smallest absolute Gasteiger partial charge is 0.215 e. The Labute approximate surface area is 91.1 Å². The van der Waals surface area contributed by atoms with Gasteiger partial charge in [-0.05, 0) is 45.0 Å². The van der Waals surface area contributed by atoms with Crippen LogP contribution < -0.4 is 4.74 Å². The summed E-state index contributed by atoms with van der Waals surface area (Å²) >= 11 is 0. The number of hydrogen-bond acceptors (Lipinski definition) is 3. The summed E-state index contributed by atoms with van der Waals surface area (Å²) in [5.74, 6) is 0.736. The molecule has 82 valence electrons. The maximum absolute atomic E-state index is 5.16. The minimum Gasteiger partial charge on any atom is -0.481 e. The van der Waals surface area contributed by atoms with Crippen molar-refractivity contribution < 1.29 is 4.74 Å². The van der Waals surface area contributed by atoms with Crippen LogP contribution in [-0.4, -0.2) is 30.6 Å². The number of hydrogen-bond donors (Lipinski definition) is 0. The molecule has 1 saturated heterocycles. The average Bonchev–Trinajstić information content (AvgIpc) is 2.64. The van der Waals surface area contributed by atoms with E-state index in [0.717, 1.165) is 11.4 Å². The highest BCUT2D eigenvalue weighted by molar-refractivity contribution is 5.30. The van der Waals surface area contributed by atoms with Crippen molar-refractivity contribution in [1.82, 2.24) is 9.88 Å². The largest absolute Gasteiger partial charge is 0.481 e. The molecule has 0 amide bonds. The molecule has 1 aromatic heterocycles. The Kier molecular flexibility index (Phi) is 2.91. The van der Waals surface area contributed by atoms with Crippen LogP contribution in [0.3, 0.4) is 0 Å². The number of nitrogens with zero attached hydrogens (tertiary/aromatic N) is 2. The average molecular weight is 206 g/mol. The second-order valence-electron chi connectivity index (χ2n) is 4.23. The molecule has 0 aromatic carbocycles. The molecule has 1 fully saturated rings. The fourth-order valence-electron chi connectivity index (χ4n) is 2.31. The van der Waals surface area contributed by atoms with Crippen molar-refractivity contribution >= 4 is 0 Å². The topological polar surface area (TPSA) is 25.4 Å². The van der Waals surface area contributed by atoms with Crippen LogP contribution in [-0.2, 0) is 0 Å². The fraction of sp³-hybridized carbons (Fsp3) is 0.583. The molecule has 2 heterocycles. The Morgan fingerprint density at radius 2 is 2.33 bits per heavy atom. The molecule has 0 bridgehead atoms. The molecular formula is C12H18N2O. The van der Waals surface area contributed by atoms with E-state index in [2.05, 4.69) is 23.0 Å². The van der Waals surface area contributed by atoms with Crippen molar-refractivity contribution in [2.24, 2.45) is 0 Å². The first-order valence-corrected chi connectivity index (χ1v) is 5.43. The van der Waals surface area contributed by atoms with Crippen LogP contribution in [0, 0.1) is 6.92 Å². The van der Waals surface area contributed by atoms with Crippen LogP contribution in [0.4, 0.5) is 0 Å². The SMILES string of the molecule is COc1ncc(C2CCCN2C)cc1C. The molecule has 3 heteroatoms.